The fourth-order valence-corrected chi connectivity index (χ4v) is 1.84. The van der Waals surface area contributed by atoms with Crippen LogP contribution in [0, 0.1) is 0 Å². The number of nitrogens with one attached hydrogen (secondary N) is 2. The second kappa shape index (κ2) is 11.0. The van der Waals surface area contributed by atoms with Crippen molar-refractivity contribution < 1.29 is 9.59 Å². The van der Waals surface area contributed by atoms with Crippen LogP contribution in [0.2, 0.25) is 0 Å². The third kappa shape index (κ3) is 7.56. The second-order valence-corrected chi connectivity index (χ2v) is 4.25. The lowest BCUT2D eigenvalue weighted by molar-refractivity contribution is -0.127. The Morgan fingerprint density at radius 1 is 1.15 bits per heavy atom. The predicted molar refractivity (Wildman–Crippen MR) is 82.4 cm³/mol. The SMILES string of the molecule is CC.CNC(=O)C(CCCc1ccccc1)NC(C)=O. The molecule has 1 aromatic rings. The van der Waals surface area contributed by atoms with Crippen LogP contribution >= 0.6 is 0 Å². The van der Waals surface area contributed by atoms with Crippen molar-refractivity contribution >= 4 is 11.8 Å². The lowest BCUT2D eigenvalue weighted by atomic mass is 10.0. The number of benzene rings is 1. The van der Waals surface area contributed by atoms with E-state index >= 15 is 0 Å². The molecule has 2 N–H and O–H groups in total. The average molecular weight is 278 g/mol. The van der Waals surface area contributed by atoms with E-state index in [9.17, 15) is 9.59 Å². The average Bonchev–Trinajstić information content (AvgIpc) is 2.48. The molecule has 0 aromatic heterocycles. The van der Waals surface area contributed by atoms with E-state index in [4.69, 9.17) is 0 Å². The Kier molecular flexibility index (Phi) is 10.0. The Morgan fingerprint density at radius 2 is 1.75 bits per heavy atom. The smallest absolute Gasteiger partial charge is 0.242 e. The highest BCUT2D eigenvalue weighted by atomic mass is 16.2. The van der Waals surface area contributed by atoms with Crippen molar-refractivity contribution in [3.05, 3.63) is 35.9 Å². The Bertz CT molecular complexity index is 391. The molecule has 0 saturated heterocycles. The molecule has 0 radical (unpaired) electrons. The molecule has 0 bridgehead atoms. The molecule has 1 rings (SSSR count). The topological polar surface area (TPSA) is 58.2 Å². The zero-order valence-corrected chi connectivity index (χ0v) is 12.9. The molecule has 1 atom stereocenters. The van der Waals surface area contributed by atoms with Gasteiger partial charge in [-0.2, -0.15) is 0 Å². The molecule has 0 aliphatic heterocycles. The van der Waals surface area contributed by atoms with Gasteiger partial charge < -0.3 is 10.6 Å². The fraction of sp³-hybridized carbons (Fsp3) is 0.500. The third-order valence-corrected chi connectivity index (χ3v) is 2.74. The first kappa shape index (κ1) is 18.2. The van der Waals surface area contributed by atoms with Gasteiger partial charge in [0.1, 0.15) is 6.04 Å². The highest BCUT2D eigenvalue weighted by Gasteiger charge is 2.17. The number of carbonyl (C=O) groups is 2. The van der Waals surface area contributed by atoms with Crippen LogP contribution < -0.4 is 10.6 Å². The standard InChI is InChI=1S/C14H20N2O2.C2H6/c1-11(17)16-13(14(18)15-2)10-6-9-12-7-4-3-5-8-12;1-2/h3-5,7-8,13H,6,9-10H2,1-2H3,(H,15,18)(H,16,17);1-2H3. The second-order valence-electron chi connectivity index (χ2n) is 4.25. The van der Waals surface area contributed by atoms with Crippen LogP contribution in [0.4, 0.5) is 0 Å². The van der Waals surface area contributed by atoms with Gasteiger partial charge in [-0.05, 0) is 24.8 Å². The number of aryl methyl sites for hydroxylation is 1. The largest absolute Gasteiger partial charge is 0.357 e. The van der Waals surface area contributed by atoms with Gasteiger partial charge in [0.05, 0.1) is 0 Å². The van der Waals surface area contributed by atoms with E-state index in [2.05, 4.69) is 22.8 Å². The number of carbonyl (C=O) groups excluding carboxylic acids is 2. The molecule has 4 heteroatoms. The maximum Gasteiger partial charge on any atom is 0.242 e. The van der Waals surface area contributed by atoms with E-state index in [1.165, 1.54) is 12.5 Å². The maximum atomic E-state index is 11.6. The highest BCUT2D eigenvalue weighted by Crippen LogP contribution is 2.06. The van der Waals surface area contributed by atoms with Crippen molar-refractivity contribution in [1.29, 1.82) is 0 Å². The van der Waals surface area contributed by atoms with E-state index in [1.807, 2.05) is 32.0 Å². The van der Waals surface area contributed by atoms with E-state index in [1.54, 1.807) is 7.05 Å². The summed E-state index contributed by atoms with van der Waals surface area (Å²) >= 11 is 0. The van der Waals surface area contributed by atoms with Gasteiger partial charge in [0, 0.05) is 14.0 Å². The zero-order valence-electron chi connectivity index (χ0n) is 12.9. The third-order valence-electron chi connectivity index (χ3n) is 2.74. The summed E-state index contributed by atoms with van der Waals surface area (Å²) in [5, 5.41) is 5.23. The number of likely N-dealkylation sites (N-methyl/N-ethyl adjacent to an activating group) is 1. The molecule has 1 unspecified atom stereocenters. The summed E-state index contributed by atoms with van der Waals surface area (Å²) in [6.45, 7) is 5.42. The van der Waals surface area contributed by atoms with Crippen LogP contribution in [-0.2, 0) is 16.0 Å². The van der Waals surface area contributed by atoms with E-state index in [0.717, 1.165) is 12.8 Å². The minimum atomic E-state index is -0.434. The molecule has 1 aromatic carbocycles. The molecule has 0 saturated carbocycles. The minimum Gasteiger partial charge on any atom is -0.357 e. The summed E-state index contributed by atoms with van der Waals surface area (Å²) < 4.78 is 0. The van der Waals surface area contributed by atoms with Crippen LogP contribution in [0.3, 0.4) is 0 Å². The molecule has 0 spiro atoms. The maximum absolute atomic E-state index is 11.6. The summed E-state index contributed by atoms with van der Waals surface area (Å²) in [5.41, 5.74) is 1.25. The van der Waals surface area contributed by atoms with Gasteiger partial charge in [0.25, 0.3) is 0 Å². The first-order chi connectivity index (χ1) is 9.63. The minimum absolute atomic E-state index is 0.140. The Morgan fingerprint density at radius 3 is 2.25 bits per heavy atom. The monoisotopic (exact) mass is 278 g/mol. The lowest BCUT2D eigenvalue weighted by Crippen LogP contribution is -2.44. The van der Waals surface area contributed by atoms with Gasteiger partial charge in [-0.15, -0.1) is 0 Å². The van der Waals surface area contributed by atoms with Crippen LogP contribution in [0.15, 0.2) is 30.3 Å². The van der Waals surface area contributed by atoms with Crippen LogP contribution in [0.1, 0.15) is 39.2 Å². The summed E-state index contributed by atoms with van der Waals surface area (Å²) in [7, 11) is 1.58. The molecule has 2 amide bonds. The van der Waals surface area contributed by atoms with Gasteiger partial charge in [-0.1, -0.05) is 44.2 Å². The first-order valence-electron chi connectivity index (χ1n) is 7.16. The first-order valence-corrected chi connectivity index (χ1v) is 7.16. The Hall–Kier alpha value is -1.84. The molecule has 4 nitrogen and oxygen atoms in total. The normalized spacial score (nSPS) is 10.8. The molecule has 0 aliphatic rings. The summed E-state index contributed by atoms with van der Waals surface area (Å²) in [6, 6.07) is 9.67. The summed E-state index contributed by atoms with van der Waals surface area (Å²) in [4.78, 5) is 22.6. The van der Waals surface area contributed by atoms with Crippen molar-refractivity contribution in [2.24, 2.45) is 0 Å². The summed E-state index contributed by atoms with van der Waals surface area (Å²) in [6.07, 6.45) is 2.42. The molecule has 0 heterocycles. The van der Waals surface area contributed by atoms with E-state index in [-0.39, 0.29) is 11.8 Å². The fourth-order valence-electron chi connectivity index (χ4n) is 1.84. The van der Waals surface area contributed by atoms with Gasteiger partial charge >= 0.3 is 0 Å². The molecular formula is C16H26N2O2. The molecular weight excluding hydrogens is 252 g/mol. The van der Waals surface area contributed by atoms with Gasteiger partial charge in [-0.3, -0.25) is 9.59 Å². The van der Waals surface area contributed by atoms with Crippen molar-refractivity contribution in [3.8, 4) is 0 Å². The van der Waals surface area contributed by atoms with Crippen LogP contribution in [-0.4, -0.2) is 24.9 Å². The Labute approximate surface area is 122 Å². The number of amides is 2. The van der Waals surface area contributed by atoms with Gasteiger partial charge in [-0.25, -0.2) is 0 Å². The van der Waals surface area contributed by atoms with Gasteiger partial charge in [0.15, 0.2) is 0 Å². The molecule has 20 heavy (non-hydrogen) atoms. The number of rotatable bonds is 6. The molecule has 0 fully saturated rings. The Balaban J connectivity index is 0.00000172. The molecule has 112 valence electrons. The number of hydrogen-bond acceptors (Lipinski definition) is 2. The number of hydrogen-bond donors (Lipinski definition) is 2. The van der Waals surface area contributed by atoms with Crippen molar-refractivity contribution in [2.45, 2.75) is 46.1 Å². The summed E-state index contributed by atoms with van der Waals surface area (Å²) in [5.74, 6) is -0.318. The van der Waals surface area contributed by atoms with Crippen LogP contribution in [0.25, 0.3) is 0 Å². The van der Waals surface area contributed by atoms with Crippen molar-refractivity contribution in [1.82, 2.24) is 10.6 Å². The molecule has 0 aliphatic carbocycles. The lowest BCUT2D eigenvalue weighted by Gasteiger charge is -2.16. The van der Waals surface area contributed by atoms with E-state index < -0.39 is 6.04 Å². The predicted octanol–water partition coefficient (Wildman–Crippen LogP) is 2.29. The van der Waals surface area contributed by atoms with Crippen molar-refractivity contribution in [3.63, 3.8) is 0 Å². The van der Waals surface area contributed by atoms with Crippen molar-refractivity contribution in [2.75, 3.05) is 7.05 Å². The van der Waals surface area contributed by atoms with E-state index in [0.29, 0.717) is 6.42 Å². The zero-order chi connectivity index (χ0) is 15.4. The quantitative estimate of drug-likeness (QED) is 0.838. The van der Waals surface area contributed by atoms with Gasteiger partial charge in [0.2, 0.25) is 11.8 Å². The highest BCUT2D eigenvalue weighted by molar-refractivity contribution is 5.86. The van der Waals surface area contributed by atoms with Crippen LogP contribution in [0.5, 0.6) is 0 Å².